The number of amides is 2. The Morgan fingerprint density at radius 1 is 0.867 bits per heavy atom. The van der Waals surface area contributed by atoms with Gasteiger partial charge in [-0.05, 0) is 42.3 Å². The molecule has 2 amide bonds. The van der Waals surface area contributed by atoms with Crippen molar-refractivity contribution in [3.05, 3.63) is 106 Å². The first-order chi connectivity index (χ1) is 14.5. The van der Waals surface area contributed by atoms with Gasteiger partial charge in [-0.3, -0.25) is 9.59 Å². The van der Waals surface area contributed by atoms with Gasteiger partial charge in [-0.25, -0.2) is 5.43 Å². The van der Waals surface area contributed by atoms with Crippen LogP contribution in [0.3, 0.4) is 0 Å². The standard InChI is InChI=1S/C24H22BrN3O2/c1-17(18-12-14-21(25)15-13-18)27-28-23(29)16-22(19-8-4-2-5-9-19)26-24(30)20-10-6-3-7-11-20/h2-15,22H,16H2,1H3,(H,26,30)(H,28,29)/t22-/m1/s1. The molecular formula is C24H22BrN3O2. The second kappa shape index (κ2) is 10.5. The van der Waals surface area contributed by atoms with Crippen molar-refractivity contribution < 1.29 is 9.59 Å². The van der Waals surface area contributed by atoms with Crippen LogP contribution in [0.4, 0.5) is 0 Å². The van der Waals surface area contributed by atoms with Crippen LogP contribution in [0.5, 0.6) is 0 Å². The SMILES string of the molecule is CC(=NNC(=O)C[C@@H](NC(=O)c1ccccc1)c1ccccc1)c1ccc(Br)cc1. The maximum atomic E-state index is 12.6. The number of benzene rings is 3. The highest BCUT2D eigenvalue weighted by molar-refractivity contribution is 9.10. The van der Waals surface area contributed by atoms with Crippen molar-refractivity contribution in [2.45, 2.75) is 19.4 Å². The third kappa shape index (κ3) is 6.12. The van der Waals surface area contributed by atoms with Crippen molar-refractivity contribution in [2.24, 2.45) is 5.10 Å². The van der Waals surface area contributed by atoms with E-state index in [-0.39, 0.29) is 18.2 Å². The first-order valence-electron chi connectivity index (χ1n) is 9.53. The van der Waals surface area contributed by atoms with Crippen LogP contribution in [-0.2, 0) is 4.79 Å². The molecule has 0 radical (unpaired) electrons. The zero-order valence-corrected chi connectivity index (χ0v) is 18.1. The molecule has 0 saturated carbocycles. The first kappa shape index (κ1) is 21.5. The molecule has 3 rings (SSSR count). The lowest BCUT2D eigenvalue weighted by Gasteiger charge is -2.18. The Morgan fingerprint density at radius 2 is 1.47 bits per heavy atom. The lowest BCUT2D eigenvalue weighted by atomic mass is 10.0. The molecule has 0 spiro atoms. The number of nitrogens with zero attached hydrogens (tertiary/aromatic N) is 1. The summed E-state index contributed by atoms with van der Waals surface area (Å²) >= 11 is 3.40. The fraction of sp³-hybridized carbons (Fsp3) is 0.125. The number of hydrazone groups is 1. The van der Waals surface area contributed by atoms with Crippen molar-refractivity contribution >= 4 is 33.5 Å². The maximum absolute atomic E-state index is 12.6. The average molecular weight is 464 g/mol. The summed E-state index contributed by atoms with van der Waals surface area (Å²) in [6, 6.07) is 25.6. The molecule has 0 aromatic heterocycles. The minimum absolute atomic E-state index is 0.0692. The normalized spacial score (nSPS) is 12.1. The van der Waals surface area contributed by atoms with Gasteiger partial charge in [0.1, 0.15) is 0 Å². The fourth-order valence-electron chi connectivity index (χ4n) is 2.90. The quantitative estimate of drug-likeness (QED) is 0.388. The van der Waals surface area contributed by atoms with E-state index in [1.54, 1.807) is 24.3 Å². The van der Waals surface area contributed by atoms with E-state index < -0.39 is 6.04 Å². The zero-order valence-electron chi connectivity index (χ0n) is 16.5. The van der Waals surface area contributed by atoms with Gasteiger partial charge in [0, 0.05) is 10.0 Å². The molecule has 0 unspecified atom stereocenters. The maximum Gasteiger partial charge on any atom is 0.251 e. The van der Waals surface area contributed by atoms with Gasteiger partial charge in [0.05, 0.1) is 18.2 Å². The van der Waals surface area contributed by atoms with E-state index in [0.29, 0.717) is 11.3 Å². The molecule has 0 heterocycles. The molecule has 2 N–H and O–H groups in total. The van der Waals surface area contributed by atoms with E-state index in [4.69, 9.17) is 0 Å². The molecule has 152 valence electrons. The summed E-state index contributed by atoms with van der Waals surface area (Å²) < 4.78 is 0.975. The summed E-state index contributed by atoms with van der Waals surface area (Å²) in [5.41, 5.74) is 5.60. The van der Waals surface area contributed by atoms with Gasteiger partial charge in [-0.2, -0.15) is 5.10 Å². The summed E-state index contributed by atoms with van der Waals surface area (Å²) in [4.78, 5) is 25.2. The van der Waals surface area contributed by atoms with Gasteiger partial charge in [0.2, 0.25) is 5.91 Å². The van der Waals surface area contributed by atoms with Crippen LogP contribution < -0.4 is 10.7 Å². The largest absolute Gasteiger partial charge is 0.345 e. The van der Waals surface area contributed by atoms with Gasteiger partial charge < -0.3 is 5.32 Å². The molecule has 0 bridgehead atoms. The lowest BCUT2D eigenvalue weighted by molar-refractivity contribution is -0.121. The van der Waals surface area contributed by atoms with Crippen molar-refractivity contribution in [1.29, 1.82) is 0 Å². The minimum Gasteiger partial charge on any atom is -0.345 e. The fourth-order valence-corrected chi connectivity index (χ4v) is 3.17. The summed E-state index contributed by atoms with van der Waals surface area (Å²) in [6.07, 6.45) is 0.0692. The number of nitrogens with one attached hydrogen (secondary N) is 2. The number of hydrogen-bond acceptors (Lipinski definition) is 3. The van der Waals surface area contributed by atoms with Gasteiger partial charge in [-0.15, -0.1) is 0 Å². The van der Waals surface area contributed by atoms with E-state index in [1.165, 1.54) is 0 Å². The highest BCUT2D eigenvalue weighted by atomic mass is 79.9. The molecule has 0 aliphatic heterocycles. The molecule has 0 aliphatic rings. The highest BCUT2D eigenvalue weighted by Crippen LogP contribution is 2.18. The van der Waals surface area contributed by atoms with Crippen LogP contribution in [0, 0.1) is 0 Å². The van der Waals surface area contributed by atoms with E-state index in [0.717, 1.165) is 15.6 Å². The Balaban J connectivity index is 1.69. The van der Waals surface area contributed by atoms with Gasteiger partial charge >= 0.3 is 0 Å². The predicted molar refractivity (Wildman–Crippen MR) is 122 cm³/mol. The van der Waals surface area contributed by atoms with E-state index >= 15 is 0 Å². The summed E-state index contributed by atoms with van der Waals surface area (Å²) in [7, 11) is 0. The van der Waals surface area contributed by atoms with Gasteiger partial charge in [0.15, 0.2) is 0 Å². The number of hydrogen-bond donors (Lipinski definition) is 2. The summed E-state index contributed by atoms with van der Waals surface area (Å²) in [5, 5.41) is 7.15. The number of carbonyl (C=O) groups excluding carboxylic acids is 2. The van der Waals surface area contributed by atoms with Gasteiger partial charge in [0.25, 0.3) is 5.91 Å². The third-order valence-electron chi connectivity index (χ3n) is 4.54. The molecule has 30 heavy (non-hydrogen) atoms. The monoisotopic (exact) mass is 463 g/mol. The summed E-state index contributed by atoms with van der Waals surface area (Å²) in [6.45, 7) is 1.83. The van der Waals surface area contributed by atoms with E-state index in [1.807, 2.05) is 67.6 Å². The van der Waals surface area contributed by atoms with Crippen LogP contribution in [0.1, 0.15) is 40.9 Å². The minimum atomic E-state index is -0.470. The molecule has 5 nitrogen and oxygen atoms in total. The van der Waals surface area contributed by atoms with Crippen LogP contribution in [0.15, 0.2) is 94.5 Å². The Kier molecular flexibility index (Phi) is 7.51. The molecular weight excluding hydrogens is 442 g/mol. The van der Waals surface area contributed by atoms with E-state index in [2.05, 4.69) is 31.8 Å². The van der Waals surface area contributed by atoms with Crippen molar-refractivity contribution in [2.75, 3.05) is 0 Å². The third-order valence-corrected chi connectivity index (χ3v) is 5.07. The molecule has 0 aliphatic carbocycles. The lowest BCUT2D eigenvalue weighted by Crippen LogP contribution is -2.32. The van der Waals surface area contributed by atoms with E-state index in [9.17, 15) is 9.59 Å². The number of halogens is 1. The van der Waals surface area contributed by atoms with Crippen molar-refractivity contribution in [3.63, 3.8) is 0 Å². The Hall–Kier alpha value is -3.25. The Bertz CT molecular complexity index is 1020. The molecule has 1 atom stereocenters. The zero-order chi connectivity index (χ0) is 21.3. The van der Waals surface area contributed by atoms with Crippen LogP contribution in [0.25, 0.3) is 0 Å². The number of carbonyl (C=O) groups is 2. The summed E-state index contributed by atoms with van der Waals surface area (Å²) in [5.74, 6) is -0.513. The first-order valence-corrected chi connectivity index (χ1v) is 10.3. The molecule has 0 saturated heterocycles. The van der Waals surface area contributed by atoms with Crippen LogP contribution in [-0.4, -0.2) is 17.5 Å². The molecule has 3 aromatic carbocycles. The van der Waals surface area contributed by atoms with Crippen molar-refractivity contribution in [1.82, 2.24) is 10.7 Å². The number of rotatable bonds is 7. The molecule has 0 fully saturated rings. The van der Waals surface area contributed by atoms with Crippen LogP contribution in [0.2, 0.25) is 0 Å². The van der Waals surface area contributed by atoms with Crippen molar-refractivity contribution in [3.8, 4) is 0 Å². The second-order valence-electron chi connectivity index (χ2n) is 6.75. The topological polar surface area (TPSA) is 70.6 Å². The molecule has 3 aromatic rings. The average Bonchev–Trinajstić information content (AvgIpc) is 2.78. The predicted octanol–water partition coefficient (Wildman–Crippen LogP) is 4.85. The van der Waals surface area contributed by atoms with Crippen LogP contribution >= 0.6 is 15.9 Å². The Morgan fingerprint density at radius 3 is 2.10 bits per heavy atom. The smallest absolute Gasteiger partial charge is 0.251 e. The Labute approximate surface area is 184 Å². The van der Waals surface area contributed by atoms with Gasteiger partial charge in [-0.1, -0.05) is 76.6 Å². The second-order valence-corrected chi connectivity index (χ2v) is 7.66. The highest BCUT2D eigenvalue weighted by Gasteiger charge is 2.19. The molecule has 6 heteroatoms.